The van der Waals surface area contributed by atoms with Gasteiger partial charge in [0, 0.05) is 30.7 Å². The van der Waals surface area contributed by atoms with Crippen LogP contribution in [0, 0.1) is 13.8 Å². The zero-order valence-electron chi connectivity index (χ0n) is 11.3. The lowest BCUT2D eigenvalue weighted by molar-refractivity contribution is 0.258. The SMILES string of the molecule is CC1=CC(C)(c2cnc(C)cc2C)N(C)C=C1. The van der Waals surface area contributed by atoms with Gasteiger partial charge in [0.1, 0.15) is 0 Å². The molecule has 0 saturated carbocycles. The summed E-state index contributed by atoms with van der Waals surface area (Å²) in [5, 5.41) is 0. The van der Waals surface area contributed by atoms with E-state index in [4.69, 9.17) is 0 Å². The van der Waals surface area contributed by atoms with Crippen molar-refractivity contribution in [3.05, 3.63) is 53.0 Å². The van der Waals surface area contributed by atoms with Gasteiger partial charge in [-0.3, -0.25) is 4.98 Å². The predicted octanol–water partition coefficient (Wildman–Crippen LogP) is 3.32. The summed E-state index contributed by atoms with van der Waals surface area (Å²) in [6, 6.07) is 2.15. The van der Waals surface area contributed by atoms with E-state index in [1.165, 1.54) is 16.7 Å². The summed E-state index contributed by atoms with van der Waals surface area (Å²) in [7, 11) is 2.11. The summed E-state index contributed by atoms with van der Waals surface area (Å²) in [5.74, 6) is 0. The smallest absolute Gasteiger partial charge is 0.0823 e. The largest absolute Gasteiger partial charge is 0.367 e. The van der Waals surface area contributed by atoms with Crippen molar-refractivity contribution >= 4 is 0 Å². The Bertz CT molecular complexity index is 500. The van der Waals surface area contributed by atoms with Crippen molar-refractivity contribution in [1.82, 2.24) is 9.88 Å². The van der Waals surface area contributed by atoms with Crippen LogP contribution in [0.2, 0.25) is 0 Å². The first-order chi connectivity index (χ1) is 7.93. The molecule has 0 radical (unpaired) electrons. The van der Waals surface area contributed by atoms with Gasteiger partial charge in [-0.1, -0.05) is 11.6 Å². The van der Waals surface area contributed by atoms with Crippen LogP contribution in [0.25, 0.3) is 0 Å². The highest BCUT2D eigenvalue weighted by molar-refractivity contribution is 5.40. The lowest BCUT2D eigenvalue weighted by atomic mass is 9.85. The fourth-order valence-electron chi connectivity index (χ4n) is 2.47. The average molecular weight is 228 g/mol. The Kier molecular flexibility index (Phi) is 2.82. The lowest BCUT2D eigenvalue weighted by Crippen LogP contribution is -2.38. The fourth-order valence-corrected chi connectivity index (χ4v) is 2.47. The number of hydrogen-bond acceptors (Lipinski definition) is 2. The maximum absolute atomic E-state index is 4.44. The highest BCUT2D eigenvalue weighted by Crippen LogP contribution is 2.34. The van der Waals surface area contributed by atoms with E-state index in [-0.39, 0.29) is 5.54 Å². The normalized spacial score (nSPS) is 23.8. The van der Waals surface area contributed by atoms with Gasteiger partial charge in [0.05, 0.1) is 5.54 Å². The molecule has 2 rings (SSSR count). The molecule has 1 atom stereocenters. The highest BCUT2D eigenvalue weighted by atomic mass is 15.2. The van der Waals surface area contributed by atoms with Gasteiger partial charge < -0.3 is 4.90 Å². The molecule has 1 aliphatic heterocycles. The van der Waals surface area contributed by atoms with Crippen LogP contribution in [-0.4, -0.2) is 16.9 Å². The molecule has 0 amide bonds. The van der Waals surface area contributed by atoms with Crippen LogP contribution in [0.15, 0.2) is 36.2 Å². The van der Waals surface area contributed by atoms with Crippen molar-refractivity contribution in [3.8, 4) is 0 Å². The second-order valence-electron chi connectivity index (χ2n) is 5.10. The second kappa shape index (κ2) is 4.02. The number of rotatable bonds is 1. The predicted molar refractivity (Wildman–Crippen MR) is 71.7 cm³/mol. The zero-order chi connectivity index (χ0) is 12.6. The van der Waals surface area contributed by atoms with E-state index in [0.717, 1.165) is 5.69 Å². The molecule has 0 fully saturated rings. The van der Waals surface area contributed by atoms with Gasteiger partial charge in [0.25, 0.3) is 0 Å². The Morgan fingerprint density at radius 2 is 1.94 bits per heavy atom. The maximum atomic E-state index is 4.44. The van der Waals surface area contributed by atoms with Gasteiger partial charge in [0.15, 0.2) is 0 Å². The summed E-state index contributed by atoms with van der Waals surface area (Å²) in [5.41, 5.74) is 4.85. The van der Waals surface area contributed by atoms with E-state index in [1.54, 1.807) is 0 Å². The third kappa shape index (κ3) is 1.99. The van der Waals surface area contributed by atoms with Gasteiger partial charge in [0.2, 0.25) is 0 Å². The summed E-state index contributed by atoms with van der Waals surface area (Å²) in [6.07, 6.45) is 8.57. The van der Waals surface area contributed by atoms with Gasteiger partial charge in [-0.2, -0.15) is 0 Å². The monoisotopic (exact) mass is 228 g/mol. The number of aryl methyl sites for hydroxylation is 2. The minimum Gasteiger partial charge on any atom is -0.367 e. The second-order valence-corrected chi connectivity index (χ2v) is 5.10. The fraction of sp³-hybridized carbons (Fsp3) is 0.400. The van der Waals surface area contributed by atoms with E-state index in [0.29, 0.717) is 0 Å². The van der Waals surface area contributed by atoms with Crippen LogP contribution >= 0.6 is 0 Å². The van der Waals surface area contributed by atoms with Crippen molar-refractivity contribution in [2.45, 2.75) is 33.2 Å². The van der Waals surface area contributed by atoms with Crippen molar-refractivity contribution in [2.75, 3.05) is 7.05 Å². The van der Waals surface area contributed by atoms with Crippen LogP contribution in [0.3, 0.4) is 0 Å². The van der Waals surface area contributed by atoms with E-state index < -0.39 is 0 Å². The lowest BCUT2D eigenvalue weighted by Gasteiger charge is -2.39. The first-order valence-corrected chi connectivity index (χ1v) is 5.98. The third-order valence-electron chi connectivity index (χ3n) is 3.60. The van der Waals surface area contributed by atoms with Crippen LogP contribution in [-0.2, 0) is 5.54 Å². The summed E-state index contributed by atoms with van der Waals surface area (Å²) >= 11 is 0. The Hall–Kier alpha value is -1.57. The summed E-state index contributed by atoms with van der Waals surface area (Å²) < 4.78 is 0. The van der Waals surface area contributed by atoms with E-state index in [2.05, 4.69) is 62.1 Å². The van der Waals surface area contributed by atoms with Gasteiger partial charge >= 0.3 is 0 Å². The standard InChI is InChI=1S/C15H20N2/c1-11-6-7-17(5)15(4,9-11)14-10-16-13(3)8-12(14)2/h6-10H,1-5H3. The highest BCUT2D eigenvalue weighted by Gasteiger charge is 2.31. The number of allylic oxidation sites excluding steroid dienone is 2. The molecule has 90 valence electrons. The summed E-state index contributed by atoms with van der Waals surface area (Å²) in [6.45, 7) is 8.56. The topological polar surface area (TPSA) is 16.1 Å². The minimum atomic E-state index is -0.0936. The van der Waals surface area contributed by atoms with Crippen molar-refractivity contribution in [2.24, 2.45) is 0 Å². The molecule has 0 spiro atoms. The van der Waals surface area contributed by atoms with E-state index >= 15 is 0 Å². The minimum absolute atomic E-state index is 0.0936. The van der Waals surface area contributed by atoms with Crippen molar-refractivity contribution in [1.29, 1.82) is 0 Å². The van der Waals surface area contributed by atoms with Gasteiger partial charge in [-0.25, -0.2) is 0 Å². The van der Waals surface area contributed by atoms with Gasteiger partial charge in [-0.05, 0) is 45.4 Å². The molecule has 1 aromatic rings. The number of pyridine rings is 1. The molecular weight excluding hydrogens is 208 g/mol. The molecule has 0 aromatic carbocycles. The van der Waals surface area contributed by atoms with Crippen molar-refractivity contribution < 1.29 is 0 Å². The first-order valence-electron chi connectivity index (χ1n) is 5.98. The molecule has 1 aliphatic rings. The van der Waals surface area contributed by atoms with Crippen LogP contribution in [0.1, 0.15) is 30.7 Å². The molecule has 0 saturated heterocycles. The molecule has 0 N–H and O–H groups in total. The average Bonchev–Trinajstić information content (AvgIpc) is 2.23. The zero-order valence-corrected chi connectivity index (χ0v) is 11.3. The number of hydrogen-bond donors (Lipinski definition) is 0. The number of aromatic nitrogens is 1. The van der Waals surface area contributed by atoms with E-state index in [1.807, 2.05) is 13.1 Å². The van der Waals surface area contributed by atoms with Crippen LogP contribution in [0.4, 0.5) is 0 Å². The number of nitrogens with zero attached hydrogens (tertiary/aromatic N) is 2. The Labute approximate surface area is 104 Å². The Morgan fingerprint density at radius 1 is 1.24 bits per heavy atom. The van der Waals surface area contributed by atoms with Gasteiger partial charge in [-0.15, -0.1) is 0 Å². The maximum Gasteiger partial charge on any atom is 0.0823 e. The number of likely N-dealkylation sites (N-methyl/N-ethyl adjacent to an activating group) is 1. The van der Waals surface area contributed by atoms with Crippen LogP contribution in [0.5, 0.6) is 0 Å². The quantitative estimate of drug-likeness (QED) is 0.733. The Balaban J connectivity index is 2.55. The summed E-state index contributed by atoms with van der Waals surface area (Å²) in [4.78, 5) is 6.68. The molecule has 2 nitrogen and oxygen atoms in total. The first kappa shape index (κ1) is 11.9. The van der Waals surface area contributed by atoms with Crippen molar-refractivity contribution in [3.63, 3.8) is 0 Å². The Morgan fingerprint density at radius 3 is 2.59 bits per heavy atom. The van der Waals surface area contributed by atoms with E-state index in [9.17, 15) is 0 Å². The third-order valence-corrected chi connectivity index (χ3v) is 3.60. The molecule has 0 bridgehead atoms. The molecule has 2 heterocycles. The molecular formula is C15H20N2. The molecule has 0 aliphatic carbocycles. The van der Waals surface area contributed by atoms with Crippen LogP contribution < -0.4 is 0 Å². The molecule has 1 aromatic heterocycles. The molecule has 2 heteroatoms. The molecule has 1 unspecified atom stereocenters. The molecule has 17 heavy (non-hydrogen) atoms.